The van der Waals surface area contributed by atoms with Crippen LogP contribution in [0.3, 0.4) is 0 Å². The van der Waals surface area contributed by atoms with Crippen molar-refractivity contribution >= 4 is 35.6 Å². The molecule has 162 valence electrons. The number of hydrogen-bond acceptors (Lipinski definition) is 4. The summed E-state index contributed by atoms with van der Waals surface area (Å²) < 4.78 is 0. The number of rotatable bonds is 7. The molecule has 3 rings (SSSR count). The van der Waals surface area contributed by atoms with Gasteiger partial charge in [-0.25, -0.2) is 4.99 Å². The standard InChI is InChI=1S/C21H33N5O2.HI/c1-2-13-25-14-11-19(12-15-25)24-21(23-18-5-3-4-6-18)22-16-17-7-9-20(10-8-17)26(27)28;/h7-10,18-19H,2-6,11-16H2,1H3,(H2,22,23,24);1H. The van der Waals surface area contributed by atoms with Crippen LogP contribution in [0.1, 0.15) is 57.4 Å². The predicted octanol–water partition coefficient (Wildman–Crippen LogP) is 4.07. The summed E-state index contributed by atoms with van der Waals surface area (Å²) in [5.74, 6) is 0.888. The molecule has 0 spiro atoms. The number of likely N-dealkylation sites (tertiary alicyclic amines) is 1. The van der Waals surface area contributed by atoms with Crippen LogP contribution in [-0.4, -0.2) is 47.5 Å². The quantitative estimate of drug-likeness (QED) is 0.188. The molecule has 0 bridgehead atoms. The third-order valence-corrected chi connectivity index (χ3v) is 5.73. The van der Waals surface area contributed by atoms with Crippen LogP contribution in [0.2, 0.25) is 0 Å². The Morgan fingerprint density at radius 1 is 1.10 bits per heavy atom. The first kappa shape index (κ1) is 23.9. The number of piperidine rings is 1. The fourth-order valence-electron chi connectivity index (χ4n) is 4.10. The number of hydrogen-bond donors (Lipinski definition) is 2. The molecule has 2 N–H and O–H groups in total. The fraction of sp³-hybridized carbons (Fsp3) is 0.667. The van der Waals surface area contributed by atoms with E-state index < -0.39 is 0 Å². The normalized spacial score (nSPS) is 19.0. The highest BCUT2D eigenvalue weighted by molar-refractivity contribution is 14.0. The summed E-state index contributed by atoms with van der Waals surface area (Å²) in [6, 6.07) is 7.63. The zero-order valence-electron chi connectivity index (χ0n) is 17.3. The summed E-state index contributed by atoms with van der Waals surface area (Å²) in [6.07, 6.45) is 8.46. The second-order valence-corrected chi connectivity index (χ2v) is 7.97. The van der Waals surface area contributed by atoms with Gasteiger partial charge >= 0.3 is 0 Å². The smallest absolute Gasteiger partial charge is 0.269 e. The van der Waals surface area contributed by atoms with E-state index in [1.54, 1.807) is 24.3 Å². The summed E-state index contributed by atoms with van der Waals surface area (Å²) >= 11 is 0. The van der Waals surface area contributed by atoms with Gasteiger partial charge in [0.1, 0.15) is 0 Å². The summed E-state index contributed by atoms with van der Waals surface area (Å²) in [4.78, 5) is 17.8. The highest BCUT2D eigenvalue weighted by atomic mass is 127. The van der Waals surface area contributed by atoms with E-state index in [-0.39, 0.29) is 34.6 Å². The van der Waals surface area contributed by atoms with Crippen molar-refractivity contribution in [3.63, 3.8) is 0 Å². The lowest BCUT2D eigenvalue weighted by molar-refractivity contribution is -0.384. The van der Waals surface area contributed by atoms with Gasteiger partial charge in [-0.15, -0.1) is 24.0 Å². The van der Waals surface area contributed by atoms with Gasteiger partial charge in [-0.1, -0.05) is 31.9 Å². The van der Waals surface area contributed by atoms with Gasteiger partial charge in [-0.3, -0.25) is 10.1 Å². The first-order valence-corrected chi connectivity index (χ1v) is 10.7. The van der Waals surface area contributed by atoms with Crippen LogP contribution in [-0.2, 0) is 6.54 Å². The Morgan fingerprint density at radius 3 is 2.24 bits per heavy atom. The molecule has 7 nitrogen and oxygen atoms in total. The molecule has 1 aromatic carbocycles. The summed E-state index contributed by atoms with van der Waals surface area (Å²) in [7, 11) is 0. The topological polar surface area (TPSA) is 82.8 Å². The maximum absolute atomic E-state index is 10.8. The molecule has 1 aliphatic heterocycles. The average molecular weight is 515 g/mol. The van der Waals surface area contributed by atoms with Gasteiger partial charge in [0, 0.05) is 37.3 Å². The Kier molecular flexibility index (Phi) is 10.1. The molecule has 0 unspecified atom stereocenters. The van der Waals surface area contributed by atoms with E-state index >= 15 is 0 Å². The third-order valence-electron chi connectivity index (χ3n) is 5.73. The second-order valence-electron chi connectivity index (χ2n) is 7.97. The number of nitrogens with zero attached hydrogens (tertiary/aromatic N) is 3. The summed E-state index contributed by atoms with van der Waals surface area (Å²) in [5, 5.41) is 18.1. The van der Waals surface area contributed by atoms with Gasteiger partial charge in [0.25, 0.3) is 5.69 Å². The van der Waals surface area contributed by atoms with Crippen molar-refractivity contribution in [2.24, 2.45) is 4.99 Å². The maximum Gasteiger partial charge on any atom is 0.269 e. The molecule has 2 fully saturated rings. The number of benzene rings is 1. The highest BCUT2D eigenvalue weighted by Gasteiger charge is 2.21. The monoisotopic (exact) mass is 515 g/mol. The minimum absolute atomic E-state index is 0. The van der Waals surface area contributed by atoms with Crippen LogP contribution in [0.25, 0.3) is 0 Å². The van der Waals surface area contributed by atoms with Gasteiger partial charge < -0.3 is 15.5 Å². The largest absolute Gasteiger partial charge is 0.354 e. The number of nitro benzene ring substituents is 1. The molecule has 1 saturated heterocycles. The van der Waals surface area contributed by atoms with Crippen LogP contribution in [0.15, 0.2) is 29.3 Å². The van der Waals surface area contributed by atoms with Crippen molar-refractivity contribution in [3.05, 3.63) is 39.9 Å². The molecule has 0 amide bonds. The number of nitrogens with one attached hydrogen (secondary N) is 2. The van der Waals surface area contributed by atoms with Crippen molar-refractivity contribution in [2.75, 3.05) is 19.6 Å². The zero-order valence-corrected chi connectivity index (χ0v) is 19.6. The number of non-ortho nitro benzene ring substituents is 1. The molecular weight excluding hydrogens is 481 g/mol. The first-order valence-electron chi connectivity index (χ1n) is 10.7. The van der Waals surface area contributed by atoms with E-state index in [4.69, 9.17) is 4.99 Å². The first-order chi connectivity index (χ1) is 13.6. The number of halogens is 1. The number of nitro groups is 1. The molecule has 0 radical (unpaired) electrons. The average Bonchev–Trinajstić information content (AvgIpc) is 3.21. The van der Waals surface area contributed by atoms with Gasteiger partial charge in [0.05, 0.1) is 11.5 Å². The molecule has 2 aliphatic rings. The molecule has 1 saturated carbocycles. The van der Waals surface area contributed by atoms with E-state index in [2.05, 4.69) is 22.5 Å². The van der Waals surface area contributed by atoms with Crippen molar-refractivity contribution in [3.8, 4) is 0 Å². The van der Waals surface area contributed by atoms with Crippen molar-refractivity contribution in [1.82, 2.24) is 15.5 Å². The minimum atomic E-state index is -0.368. The van der Waals surface area contributed by atoms with E-state index in [1.807, 2.05) is 0 Å². The zero-order chi connectivity index (χ0) is 19.8. The molecule has 1 aliphatic carbocycles. The Balaban J connectivity index is 0.00000300. The Bertz CT molecular complexity index is 654. The van der Waals surface area contributed by atoms with Crippen LogP contribution in [0.4, 0.5) is 5.69 Å². The number of guanidine groups is 1. The van der Waals surface area contributed by atoms with E-state index in [1.165, 1.54) is 38.6 Å². The predicted molar refractivity (Wildman–Crippen MR) is 128 cm³/mol. The highest BCUT2D eigenvalue weighted by Crippen LogP contribution is 2.18. The molecular formula is C21H34IN5O2. The summed E-state index contributed by atoms with van der Waals surface area (Å²) in [6.45, 7) is 6.23. The minimum Gasteiger partial charge on any atom is -0.354 e. The van der Waals surface area contributed by atoms with Crippen LogP contribution < -0.4 is 10.6 Å². The second kappa shape index (κ2) is 12.3. The Hall–Kier alpha value is -1.42. The Labute approximate surface area is 190 Å². The van der Waals surface area contributed by atoms with Gasteiger partial charge in [0.2, 0.25) is 0 Å². The lowest BCUT2D eigenvalue weighted by Gasteiger charge is -2.33. The molecule has 29 heavy (non-hydrogen) atoms. The van der Waals surface area contributed by atoms with Gasteiger partial charge in [0.15, 0.2) is 5.96 Å². The maximum atomic E-state index is 10.8. The lowest BCUT2D eigenvalue weighted by Crippen LogP contribution is -2.50. The molecule has 0 atom stereocenters. The van der Waals surface area contributed by atoms with Crippen LogP contribution in [0, 0.1) is 10.1 Å². The van der Waals surface area contributed by atoms with Crippen LogP contribution in [0.5, 0.6) is 0 Å². The molecule has 1 aromatic rings. The van der Waals surface area contributed by atoms with Crippen molar-refractivity contribution < 1.29 is 4.92 Å². The third kappa shape index (κ3) is 7.73. The van der Waals surface area contributed by atoms with Gasteiger partial charge in [-0.2, -0.15) is 0 Å². The van der Waals surface area contributed by atoms with Crippen molar-refractivity contribution in [1.29, 1.82) is 0 Å². The Morgan fingerprint density at radius 2 is 1.69 bits per heavy atom. The summed E-state index contributed by atoms with van der Waals surface area (Å²) in [5.41, 5.74) is 1.10. The van der Waals surface area contributed by atoms with Crippen LogP contribution >= 0.6 is 24.0 Å². The molecule has 8 heteroatoms. The van der Waals surface area contributed by atoms with E-state index in [9.17, 15) is 10.1 Å². The van der Waals surface area contributed by atoms with E-state index in [0.29, 0.717) is 18.6 Å². The van der Waals surface area contributed by atoms with Crippen molar-refractivity contribution in [2.45, 2.75) is 70.5 Å². The molecule has 0 aromatic heterocycles. The fourth-order valence-corrected chi connectivity index (χ4v) is 4.10. The SMILES string of the molecule is CCCN1CCC(NC(=NCc2ccc([N+](=O)[O-])cc2)NC2CCCC2)CC1.I. The molecule has 1 heterocycles. The van der Waals surface area contributed by atoms with Gasteiger partial charge in [-0.05, 0) is 44.2 Å². The number of aliphatic imine (C=N–C) groups is 1. The lowest BCUT2D eigenvalue weighted by atomic mass is 10.1. The van der Waals surface area contributed by atoms with E-state index in [0.717, 1.165) is 37.5 Å².